The van der Waals surface area contributed by atoms with Gasteiger partial charge in [-0.15, -0.1) is 0 Å². The van der Waals surface area contributed by atoms with E-state index in [2.05, 4.69) is 9.72 Å². The predicted octanol–water partition coefficient (Wildman–Crippen LogP) is 2.77. The Bertz CT molecular complexity index is 599. The maximum atomic E-state index is 11.5. The summed E-state index contributed by atoms with van der Waals surface area (Å²) in [5.41, 5.74) is 8.09. The van der Waals surface area contributed by atoms with Crippen molar-refractivity contribution in [1.29, 1.82) is 0 Å². The van der Waals surface area contributed by atoms with E-state index in [1.165, 1.54) is 7.11 Å². The van der Waals surface area contributed by atoms with Crippen molar-refractivity contribution >= 4 is 23.3 Å². The van der Waals surface area contributed by atoms with E-state index in [4.69, 9.17) is 17.3 Å². The average Bonchev–Trinajstić information content (AvgIpc) is 2.38. The molecule has 0 spiro atoms. The number of aromatic nitrogens is 1. The van der Waals surface area contributed by atoms with Gasteiger partial charge in [0.25, 0.3) is 0 Å². The first kappa shape index (κ1) is 12.4. The number of methoxy groups -OCH3 is 1. The standard InChI is InChI=1S/C13H11ClN2O2/c1-18-13(17)8-5-6-10(15)9(7-8)11-3-2-4-12(14)16-11/h2-7H,15H2,1H3. The van der Waals surface area contributed by atoms with Crippen LogP contribution >= 0.6 is 11.6 Å². The Kier molecular flexibility index (Phi) is 3.48. The van der Waals surface area contributed by atoms with Gasteiger partial charge in [-0.3, -0.25) is 0 Å². The summed E-state index contributed by atoms with van der Waals surface area (Å²) < 4.78 is 4.66. The normalized spacial score (nSPS) is 10.1. The van der Waals surface area contributed by atoms with Crippen LogP contribution in [0.1, 0.15) is 10.4 Å². The number of nitrogen functional groups attached to an aromatic ring is 1. The number of esters is 1. The second-order valence-electron chi connectivity index (χ2n) is 3.64. The lowest BCUT2D eigenvalue weighted by Crippen LogP contribution is -2.02. The quantitative estimate of drug-likeness (QED) is 0.513. The SMILES string of the molecule is COC(=O)c1ccc(N)c(-c2cccc(Cl)n2)c1. The van der Waals surface area contributed by atoms with Crippen LogP contribution in [0, 0.1) is 0 Å². The molecule has 1 aromatic heterocycles. The van der Waals surface area contributed by atoms with Crippen molar-refractivity contribution in [2.24, 2.45) is 0 Å². The smallest absolute Gasteiger partial charge is 0.337 e. The summed E-state index contributed by atoms with van der Waals surface area (Å²) in [6.45, 7) is 0. The number of anilines is 1. The zero-order chi connectivity index (χ0) is 13.1. The highest BCUT2D eigenvalue weighted by molar-refractivity contribution is 6.29. The van der Waals surface area contributed by atoms with Crippen LogP contribution in [0.2, 0.25) is 5.15 Å². The minimum Gasteiger partial charge on any atom is -0.465 e. The summed E-state index contributed by atoms with van der Waals surface area (Å²) in [7, 11) is 1.33. The van der Waals surface area contributed by atoms with Crippen LogP contribution in [-0.4, -0.2) is 18.1 Å². The molecule has 1 aromatic carbocycles. The van der Waals surface area contributed by atoms with Gasteiger partial charge in [0.2, 0.25) is 0 Å². The van der Waals surface area contributed by atoms with E-state index in [0.717, 1.165) is 0 Å². The van der Waals surface area contributed by atoms with Crippen molar-refractivity contribution in [1.82, 2.24) is 4.98 Å². The third kappa shape index (κ3) is 2.43. The number of carbonyl (C=O) groups is 1. The molecule has 0 saturated heterocycles. The molecule has 0 fully saturated rings. The van der Waals surface area contributed by atoms with Gasteiger partial charge < -0.3 is 10.5 Å². The zero-order valence-corrected chi connectivity index (χ0v) is 10.4. The van der Waals surface area contributed by atoms with Crippen molar-refractivity contribution in [3.8, 4) is 11.3 Å². The number of rotatable bonds is 2. The first-order valence-corrected chi connectivity index (χ1v) is 5.60. The summed E-state index contributed by atoms with van der Waals surface area (Å²) in [6, 6.07) is 10.1. The number of hydrogen-bond acceptors (Lipinski definition) is 4. The third-order valence-corrected chi connectivity index (χ3v) is 2.68. The number of halogens is 1. The van der Waals surface area contributed by atoms with Crippen molar-refractivity contribution in [2.75, 3.05) is 12.8 Å². The van der Waals surface area contributed by atoms with E-state index in [1.807, 2.05) is 0 Å². The molecule has 2 aromatic rings. The maximum absolute atomic E-state index is 11.5. The van der Waals surface area contributed by atoms with Crippen LogP contribution in [0.4, 0.5) is 5.69 Å². The average molecular weight is 263 g/mol. The van der Waals surface area contributed by atoms with Crippen LogP contribution in [0.25, 0.3) is 11.3 Å². The zero-order valence-electron chi connectivity index (χ0n) is 9.68. The summed E-state index contributed by atoms with van der Waals surface area (Å²) in [6.07, 6.45) is 0. The molecule has 5 heteroatoms. The second kappa shape index (κ2) is 5.06. The number of hydrogen-bond donors (Lipinski definition) is 1. The summed E-state index contributed by atoms with van der Waals surface area (Å²) >= 11 is 5.83. The van der Waals surface area contributed by atoms with Crippen LogP contribution in [0.5, 0.6) is 0 Å². The van der Waals surface area contributed by atoms with Crippen molar-refractivity contribution in [3.05, 3.63) is 47.1 Å². The van der Waals surface area contributed by atoms with Crippen LogP contribution in [0.3, 0.4) is 0 Å². The topological polar surface area (TPSA) is 65.2 Å². The molecule has 2 N–H and O–H groups in total. The van der Waals surface area contributed by atoms with Crippen molar-refractivity contribution < 1.29 is 9.53 Å². The molecular formula is C13H11ClN2O2. The van der Waals surface area contributed by atoms with Gasteiger partial charge in [-0.25, -0.2) is 9.78 Å². The molecule has 18 heavy (non-hydrogen) atoms. The highest BCUT2D eigenvalue weighted by Gasteiger charge is 2.10. The molecule has 0 radical (unpaired) electrons. The predicted molar refractivity (Wildman–Crippen MR) is 70.4 cm³/mol. The first-order chi connectivity index (χ1) is 8.61. The molecule has 0 saturated carbocycles. The van der Waals surface area contributed by atoms with E-state index in [9.17, 15) is 4.79 Å². The van der Waals surface area contributed by atoms with E-state index in [-0.39, 0.29) is 0 Å². The summed E-state index contributed by atoms with van der Waals surface area (Å²) in [5, 5.41) is 0.371. The molecular weight excluding hydrogens is 252 g/mol. The van der Waals surface area contributed by atoms with Gasteiger partial charge in [-0.1, -0.05) is 17.7 Å². The molecule has 0 aliphatic rings. The number of benzene rings is 1. The molecule has 0 bridgehead atoms. The highest BCUT2D eigenvalue weighted by Crippen LogP contribution is 2.26. The Morgan fingerprint density at radius 1 is 1.33 bits per heavy atom. The molecule has 0 aliphatic carbocycles. The van der Waals surface area contributed by atoms with Gasteiger partial charge in [0.15, 0.2) is 0 Å². The Morgan fingerprint density at radius 2 is 2.11 bits per heavy atom. The van der Waals surface area contributed by atoms with Gasteiger partial charge in [-0.05, 0) is 30.3 Å². The minimum absolute atomic E-state index is 0.371. The molecule has 0 amide bonds. The highest BCUT2D eigenvalue weighted by atomic mass is 35.5. The fourth-order valence-electron chi connectivity index (χ4n) is 1.58. The van der Waals surface area contributed by atoms with Crippen molar-refractivity contribution in [2.45, 2.75) is 0 Å². The van der Waals surface area contributed by atoms with Crippen LogP contribution in [-0.2, 0) is 4.74 Å². The molecule has 0 atom stereocenters. The monoisotopic (exact) mass is 262 g/mol. The maximum Gasteiger partial charge on any atom is 0.337 e. The van der Waals surface area contributed by atoms with Crippen LogP contribution < -0.4 is 5.73 Å². The number of pyridine rings is 1. The lowest BCUT2D eigenvalue weighted by Gasteiger charge is -2.07. The van der Waals surface area contributed by atoms with Gasteiger partial charge in [-0.2, -0.15) is 0 Å². The molecule has 0 unspecified atom stereocenters. The van der Waals surface area contributed by atoms with Gasteiger partial charge in [0, 0.05) is 11.3 Å². The minimum atomic E-state index is -0.418. The lowest BCUT2D eigenvalue weighted by atomic mass is 10.1. The fraction of sp³-hybridized carbons (Fsp3) is 0.0769. The molecule has 92 valence electrons. The Hall–Kier alpha value is -2.07. The third-order valence-electron chi connectivity index (χ3n) is 2.47. The fourth-order valence-corrected chi connectivity index (χ4v) is 1.74. The second-order valence-corrected chi connectivity index (χ2v) is 4.03. The van der Waals surface area contributed by atoms with Crippen LogP contribution in [0.15, 0.2) is 36.4 Å². The van der Waals surface area contributed by atoms with Gasteiger partial charge in [0.1, 0.15) is 5.15 Å². The van der Waals surface area contributed by atoms with E-state index in [1.54, 1.807) is 36.4 Å². The number of carbonyl (C=O) groups excluding carboxylic acids is 1. The Balaban J connectivity index is 2.53. The number of ether oxygens (including phenoxy) is 1. The Morgan fingerprint density at radius 3 is 2.78 bits per heavy atom. The molecule has 2 rings (SSSR count). The van der Waals surface area contributed by atoms with Gasteiger partial charge >= 0.3 is 5.97 Å². The molecule has 1 heterocycles. The first-order valence-electron chi connectivity index (χ1n) is 5.22. The summed E-state index contributed by atoms with van der Waals surface area (Å²) in [5.74, 6) is -0.418. The number of nitrogens with zero attached hydrogens (tertiary/aromatic N) is 1. The lowest BCUT2D eigenvalue weighted by molar-refractivity contribution is 0.0601. The van der Waals surface area contributed by atoms with E-state index >= 15 is 0 Å². The van der Waals surface area contributed by atoms with Gasteiger partial charge in [0.05, 0.1) is 18.4 Å². The number of nitrogens with two attached hydrogens (primary N) is 1. The molecule has 4 nitrogen and oxygen atoms in total. The largest absolute Gasteiger partial charge is 0.465 e. The Labute approximate surface area is 109 Å². The van der Waals surface area contributed by atoms with Crippen molar-refractivity contribution in [3.63, 3.8) is 0 Å². The van der Waals surface area contributed by atoms with E-state index < -0.39 is 5.97 Å². The molecule has 0 aliphatic heterocycles. The van der Waals surface area contributed by atoms with E-state index in [0.29, 0.717) is 27.7 Å². The summed E-state index contributed by atoms with van der Waals surface area (Å²) in [4.78, 5) is 15.6.